The molecule has 158 valence electrons. The topological polar surface area (TPSA) is 68.2 Å². The van der Waals surface area contributed by atoms with Crippen molar-refractivity contribution < 1.29 is 24.4 Å². The molecular weight excluding hydrogens is 356 g/mol. The first kappa shape index (κ1) is 21.7. The lowest BCUT2D eigenvalue weighted by Crippen LogP contribution is -2.39. The number of hydrogen-bond acceptors (Lipinski definition) is 5. The average Bonchev–Trinajstić information content (AvgIpc) is 2.75. The summed E-state index contributed by atoms with van der Waals surface area (Å²) in [6.45, 7) is 5.18. The first-order chi connectivity index (χ1) is 13.6. The molecule has 5 nitrogen and oxygen atoms in total. The van der Waals surface area contributed by atoms with Gasteiger partial charge in [0.2, 0.25) is 0 Å². The van der Waals surface area contributed by atoms with E-state index in [4.69, 9.17) is 14.2 Å². The fourth-order valence-corrected chi connectivity index (χ4v) is 4.78. The molecule has 5 heteroatoms. The maximum atomic E-state index is 10.1. The molecule has 3 rings (SSSR count). The van der Waals surface area contributed by atoms with Gasteiger partial charge in [-0.15, -0.1) is 6.58 Å². The van der Waals surface area contributed by atoms with Gasteiger partial charge in [-0.05, 0) is 61.5 Å². The molecule has 1 heterocycles. The summed E-state index contributed by atoms with van der Waals surface area (Å²) in [6, 6.07) is 0. The normalized spacial score (nSPS) is 34.4. The monoisotopic (exact) mass is 392 g/mol. The lowest BCUT2D eigenvalue weighted by atomic mass is 9.73. The van der Waals surface area contributed by atoms with Crippen molar-refractivity contribution in [1.82, 2.24) is 0 Å². The van der Waals surface area contributed by atoms with E-state index in [1.807, 2.05) is 6.08 Å². The fraction of sp³-hybridized carbons (Fsp3) is 0.739. The molecular formula is C23H36O5. The van der Waals surface area contributed by atoms with Gasteiger partial charge in [-0.2, -0.15) is 0 Å². The average molecular weight is 393 g/mol. The number of rotatable bonds is 8. The smallest absolute Gasteiger partial charge is 0.176 e. The third-order valence-electron chi connectivity index (χ3n) is 6.60. The van der Waals surface area contributed by atoms with Crippen LogP contribution >= 0.6 is 0 Å². The fourth-order valence-electron chi connectivity index (χ4n) is 4.78. The molecule has 6 atom stereocenters. The summed E-state index contributed by atoms with van der Waals surface area (Å²) in [5.74, 6) is 1.18. The first-order valence-electron chi connectivity index (χ1n) is 10.7. The van der Waals surface area contributed by atoms with Crippen molar-refractivity contribution in [3.63, 3.8) is 0 Å². The zero-order chi connectivity index (χ0) is 19.9. The van der Waals surface area contributed by atoms with Crippen LogP contribution in [0.15, 0.2) is 36.0 Å². The highest BCUT2D eigenvalue weighted by atomic mass is 16.6. The number of allylic oxidation sites excluding steroid dienone is 1. The predicted octanol–water partition coefficient (Wildman–Crippen LogP) is 3.72. The molecule has 0 spiro atoms. The van der Waals surface area contributed by atoms with E-state index in [1.54, 1.807) is 0 Å². The molecule has 0 bridgehead atoms. The lowest BCUT2D eigenvalue weighted by Gasteiger charge is -2.40. The number of fused-ring (bicyclic) bond motifs is 1. The van der Waals surface area contributed by atoms with Crippen LogP contribution in [0, 0.1) is 17.8 Å². The minimum Gasteiger partial charge on any atom is -0.374 e. The molecule has 0 aromatic rings. The van der Waals surface area contributed by atoms with E-state index in [-0.39, 0.29) is 12.0 Å². The summed E-state index contributed by atoms with van der Waals surface area (Å²) in [6.07, 6.45) is 13.1. The van der Waals surface area contributed by atoms with Gasteiger partial charge in [0.25, 0.3) is 0 Å². The van der Waals surface area contributed by atoms with Crippen molar-refractivity contribution in [3.8, 4) is 0 Å². The Morgan fingerprint density at radius 1 is 1.32 bits per heavy atom. The van der Waals surface area contributed by atoms with Crippen LogP contribution < -0.4 is 0 Å². The van der Waals surface area contributed by atoms with E-state index in [0.717, 1.165) is 44.1 Å². The van der Waals surface area contributed by atoms with E-state index in [0.29, 0.717) is 25.0 Å². The highest BCUT2D eigenvalue weighted by molar-refractivity contribution is 5.14. The van der Waals surface area contributed by atoms with Crippen molar-refractivity contribution in [2.45, 2.75) is 70.1 Å². The number of ether oxygens (including phenoxy) is 3. The third kappa shape index (κ3) is 5.55. The van der Waals surface area contributed by atoms with Crippen molar-refractivity contribution in [2.75, 3.05) is 20.3 Å². The predicted molar refractivity (Wildman–Crippen MR) is 108 cm³/mol. The summed E-state index contributed by atoms with van der Waals surface area (Å²) in [4.78, 5) is 0. The highest BCUT2D eigenvalue weighted by Crippen LogP contribution is 2.41. The Hall–Kier alpha value is -0.980. The lowest BCUT2D eigenvalue weighted by molar-refractivity contribution is -0.165. The molecule has 1 aliphatic heterocycles. The quantitative estimate of drug-likeness (QED) is 0.487. The largest absolute Gasteiger partial charge is 0.374 e. The van der Waals surface area contributed by atoms with E-state index in [9.17, 15) is 10.2 Å². The standard InChI is InChI=1S/C23H36O5/c1-3-19(27-14-16-8-10-17(11-9-16)22(24)26-2)13-12-18-15-28-23(25)21-7-5-4-6-20(18)21/h3,10,12,16,19-25H,1,4-9,11,13-15H2,2H3/b18-12+/t16?,19?,20-,21?,22?,23?/m1/s1. The van der Waals surface area contributed by atoms with Gasteiger partial charge in [-0.25, -0.2) is 0 Å². The molecule has 1 saturated heterocycles. The zero-order valence-corrected chi connectivity index (χ0v) is 17.1. The maximum Gasteiger partial charge on any atom is 0.176 e. The zero-order valence-electron chi connectivity index (χ0n) is 17.1. The van der Waals surface area contributed by atoms with Crippen LogP contribution in [0.25, 0.3) is 0 Å². The van der Waals surface area contributed by atoms with Crippen molar-refractivity contribution in [2.24, 2.45) is 17.8 Å². The molecule has 0 aromatic carbocycles. The second kappa shape index (κ2) is 10.7. The second-order valence-electron chi connectivity index (χ2n) is 8.39. The Balaban J connectivity index is 1.48. The van der Waals surface area contributed by atoms with Gasteiger partial charge < -0.3 is 24.4 Å². The molecule has 0 amide bonds. The molecule has 5 unspecified atom stereocenters. The van der Waals surface area contributed by atoms with Crippen LogP contribution in [0.2, 0.25) is 0 Å². The van der Waals surface area contributed by atoms with E-state index < -0.39 is 12.6 Å². The van der Waals surface area contributed by atoms with Crippen molar-refractivity contribution in [3.05, 3.63) is 36.0 Å². The van der Waals surface area contributed by atoms with Gasteiger partial charge in [0.05, 0.1) is 19.3 Å². The third-order valence-corrected chi connectivity index (χ3v) is 6.60. The Bertz CT molecular complexity index is 569. The number of hydrogen-bond donors (Lipinski definition) is 2. The van der Waals surface area contributed by atoms with Gasteiger partial charge in [0.1, 0.15) is 0 Å². The number of methoxy groups -OCH3 is 1. The van der Waals surface area contributed by atoms with Crippen LogP contribution in [-0.2, 0) is 14.2 Å². The molecule has 0 aromatic heterocycles. The first-order valence-corrected chi connectivity index (χ1v) is 10.7. The van der Waals surface area contributed by atoms with Gasteiger partial charge in [-0.1, -0.05) is 31.1 Å². The van der Waals surface area contributed by atoms with E-state index in [1.165, 1.54) is 25.5 Å². The molecule has 0 radical (unpaired) electrons. The molecule has 2 aliphatic carbocycles. The molecule has 2 N–H and O–H groups in total. The van der Waals surface area contributed by atoms with Crippen LogP contribution in [0.1, 0.15) is 51.4 Å². The minimum atomic E-state index is -0.769. The Kier molecular flexibility index (Phi) is 8.30. The highest BCUT2D eigenvalue weighted by Gasteiger charge is 2.37. The molecule has 28 heavy (non-hydrogen) atoms. The van der Waals surface area contributed by atoms with Crippen LogP contribution in [0.3, 0.4) is 0 Å². The van der Waals surface area contributed by atoms with Crippen LogP contribution in [-0.4, -0.2) is 49.2 Å². The second-order valence-corrected chi connectivity index (χ2v) is 8.39. The van der Waals surface area contributed by atoms with Crippen LogP contribution in [0.5, 0.6) is 0 Å². The summed E-state index contributed by atoms with van der Waals surface area (Å²) in [5.41, 5.74) is 2.30. The minimum absolute atomic E-state index is 0.00340. The SMILES string of the molecule is C=CC(C/C=C1\COC(O)C2CCCC[C@H]12)OCC1CC=C(C(O)OC)CC1. The maximum absolute atomic E-state index is 10.1. The summed E-state index contributed by atoms with van der Waals surface area (Å²) < 4.78 is 16.7. The summed E-state index contributed by atoms with van der Waals surface area (Å²) >= 11 is 0. The van der Waals surface area contributed by atoms with Gasteiger partial charge in [0.15, 0.2) is 12.6 Å². The Labute approximate surface area is 169 Å². The Morgan fingerprint density at radius 3 is 2.86 bits per heavy atom. The van der Waals surface area contributed by atoms with Crippen molar-refractivity contribution in [1.29, 1.82) is 0 Å². The Morgan fingerprint density at radius 2 is 2.14 bits per heavy atom. The van der Waals surface area contributed by atoms with Gasteiger partial charge >= 0.3 is 0 Å². The number of aliphatic hydroxyl groups is 2. The molecule has 1 saturated carbocycles. The van der Waals surface area contributed by atoms with E-state index in [2.05, 4.69) is 18.7 Å². The van der Waals surface area contributed by atoms with Crippen molar-refractivity contribution >= 4 is 0 Å². The summed E-state index contributed by atoms with van der Waals surface area (Å²) in [7, 11) is 1.53. The van der Waals surface area contributed by atoms with Gasteiger partial charge in [-0.3, -0.25) is 0 Å². The van der Waals surface area contributed by atoms with Gasteiger partial charge in [0, 0.05) is 13.0 Å². The van der Waals surface area contributed by atoms with Crippen LogP contribution in [0.4, 0.5) is 0 Å². The summed E-state index contributed by atoms with van der Waals surface area (Å²) in [5, 5.41) is 19.9. The molecule has 3 aliphatic rings. The molecule has 2 fully saturated rings. The van der Waals surface area contributed by atoms with E-state index >= 15 is 0 Å². The number of aliphatic hydroxyl groups excluding tert-OH is 2.